The number of urea groups is 1. The number of barbiturate groups is 1. The van der Waals surface area contributed by atoms with Gasteiger partial charge in [0.15, 0.2) is 5.41 Å². The first-order valence-corrected chi connectivity index (χ1v) is 8.21. The highest BCUT2D eigenvalue weighted by molar-refractivity contribution is 6.32. The third kappa shape index (κ3) is 1.98. The molecule has 2 fully saturated rings. The number of halogens is 1. The minimum absolute atomic E-state index is 0.183. The Morgan fingerprint density at radius 2 is 1.88 bits per heavy atom. The average Bonchev–Trinajstić information content (AvgIpc) is 2.52. The molecule has 3 aliphatic heterocycles. The molecular formula is C16H17ClN4O3. The number of imide groups is 2. The standard InChI is InChI=1S/C16H17ClN4O3/c1-20-5-6-21-11-4-2-3-10(17)9(11)7-16(12(21)8-20)13(22)18-15(24)19-14(16)23/h2-4,12H,5-8H2,1H3,(H2,18,19,22,23,24)/t12-/m0/s1. The van der Waals surface area contributed by atoms with E-state index in [1.54, 1.807) is 6.07 Å². The van der Waals surface area contributed by atoms with Crippen molar-refractivity contribution in [3.05, 3.63) is 28.8 Å². The summed E-state index contributed by atoms with van der Waals surface area (Å²) < 4.78 is 0. The van der Waals surface area contributed by atoms with Gasteiger partial charge in [-0.15, -0.1) is 0 Å². The van der Waals surface area contributed by atoms with Gasteiger partial charge in [-0.2, -0.15) is 0 Å². The second-order valence-corrected chi connectivity index (χ2v) is 7.00. The Bertz CT molecular complexity index is 746. The summed E-state index contributed by atoms with van der Waals surface area (Å²) in [6, 6.07) is 4.48. The van der Waals surface area contributed by atoms with E-state index in [0.717, 1.165) is 17.8 Å². The van der Waals surface area contributed by atoms with Crippen LogP contribution < -0.4 is 15.5 Å². The van der Waals surface area contributed by atoms with Gasteiger partial charge >= 0.3 is 6.03 Å². The molecular weight excluding hydrogens is 332 g/mol. The highest BCUT2D eigenvalue weighted by Gasteiger charge is 2.60. The normalized spacial score (nSPS) is 25.8. The number of piperazine rings is 1. The lowest BCUT2D eigenvalue weighted by Crippen LogP contribution is -2.74. The van der Waals surface area contributed by atoms with Crippen LogP contribution in [0.1, 0.15) is 5.56 Å². The van der Waals surface area contributed by atoms with Crippen molar-refractivity contribution in [2.75, 3.05) is 31.6 Å². The molecule has 7 nitrogen and oxygen atoms in total. The fraction of sp³-hybridized carbons (Fsp3) is 0.438. The molecule has 3 aliphatic rings. The Kier molecular flexibility index (Phi) is 3.33. The van der Waals surface area contributed by atoms with Crippen molar-refractivity contribution in [1.82, 2.24) is 15.5 Å². The zero-order valence-corrected chi connectivity index (χ0v) is 13.9. The highest BCUT2D eigenvalue weighted by Crippen LogP contribution is 2.46. The third-order valence-corrected chi connectivity index (χ3v) is 5.63. The number of fused-ring (bicyclic) bond motifs is 4. The number of nitrogens with one attached hydrogen (secondary N) is 2. The summed E-state index contributed by atoms with van der Waals surface area (Å²) in [5.41, 5.74) is 0.379. The predicted octanol–water partition coefficient (Wildman–Crippen LogP) is 0.369. The van der Waals surface area contributed by atoms with Crippen molar-refractivity contribution in [2.24, 2.45) is 5.41 Å². The van der Waals surface area contributed by atoms with Gasteiger partial charge in [0.05, 0.1) is 6.04 Å². The highest BCUT2D eigenvalue weighted by atomic mass is 35.5. The lowest BCUT2D eigenvalue weighted by Gasteiger charge is -2.53. The van der Waals surface area contributed by atoms with Crippen molar-refractivity contribution < 1.29 is 14.4 Å². The van der Waals surface area contributed by atoms with E-state index in [0.29, 0.717) is 18.1 Å². The minimum atomic E-state index is -1.36. The first-order valence-electron chi connectivity index (χ1n) is 7.83. The molecule has 0 aliphatic carbocycles. The summed E-state index contributed by atoms with van der Waals surface area (Å²) >= 11 is 6.36. The van der Waals surface area contributed by atoms with Crippen molar-refractivity contribution in [2.45, 2.75) is 12.5 Å². The summed E-state index contributed by atoms with van der Waals surface area (Å²) in [6.07, 6.45) is 0.183. The summed E-state index contributed by atoms with van der Waals surface area (Å²) in [6.45, 7) is 2.06. The maximum atomic E-state index is 12.8. The van der Waals surface area contributed by atoms with E-state index in [4.69, 9.17) is 11.6 Å². The number of nitrogens with zero attached hydrogens (tertiary/aromatic N) is 2. The van der Waals surface area contributed by atoms with Gasteiger partial charge in [-0.05, 0) is 24.7 Å². The molecule has 1 aromatic rings. The fourth-order valence-corrected chi connectivity index (χ4v) is 4.28. The van der Waals surface area contributed by atoms with Gasteiger partial charge in [-0.3, -0.25) is 20.2 Å². The van der Waals surface area contributed by atoms with Crippen LogP contribution in [0.15, 0.2) is 18.2 Å². The Morgan fingerprint density at radius 3 is 2.58 bits per heavy atom. The van der Waals surface area contributed by atoms with Gasteiger partial charge in [0.2, 0.25) is 11.8 Å². The fourth-order valence-electron chi connectivity index (χ4n) is 4.04. The van der Waals surface area contributed by atoms with Crippen LogP contribution in [0.3, 0.4) is 0 Å². The van der Waals surface area contributed by atoms with Crippen LogP contribution in [0.5, 0.6) is 0 Å². The number of likely N-dealkylation sites (N-methyl/N-ethyl adjacent to an activating group) is 1. The number of hydrogen-bond donors (Lipinski definition) is 2. The van der Waals surface area contributed by atoms with Gasteiger partial charge in [0, 0.05) is 36.8 Å². The van der Waals surface area contributed by atoms with Crippen LogP contribution >= 0.6 is 11.6 Å². The van der Waals surface area contributed by atoms with E-state index >= 15 is 0 Å². The summed E-state index contributed by atoms with van der Waals surface area (Å²) in [5.74, 6) is -1.10. The maximum Gasteiger partial charge on any atom is 0.328 e. The first-order chi connectivity index (χ1) is 11.4. The molecule has 0 bridgehead atoms. The smallest absolute Gasteiger partial charge is 0.328 e. The number of hydrogen-bond acceptors (Lipinski definition) is 5. The molecule has 1 atom stereocenters. The number of carbonyl (C=O) groups is 3. The Hall–Kier alpha value is -2.12. The summed E-state index contributed by atoms with van der Waals surface area (Å²) in [4.78, 5) is 41.3. The number of benzene rings is 1. The first kappa shape index (κ1) is 15.4. The van der Waals surface area contributed by atoms with E-state index in [2.05, 4.69) is 20.4 Å². The molecule has 126 valence electrons. The van der Waals surface area contributed by atoms with Crippen LogP contribution in [0.2, 0.25) is 5.02 Å². The monoisotopic (exact) mass is 348 g/mol. The van der Waals surface area contributed by atoms with Crippen LogP contribution in [-0.4, -0.2) is 55.5 Å². The number of carbonyl (C=O) groups excluding carboxylic acids is 3. The number of rotatable bonds is 0. The largest absolute Gasteiger partial charge is 0.364 e. The van der Waals surface area contributed by atoms with Gasteiger partial charge in [-0.25, -0.2) is 4.79 Å². The van der Waals surface area contributed by atoms with E-state index < -0.39 is 23.3 Å². The molecule has 0 saturated carbocycles. The van der Waals surface area contributed by atoms with Crippen LogP contribution in [0.25, 0.3) is 0 Å². The lowest BCUT2D eigenvalue weighted by molar-refractivity contribution is -0.147. The SMILES string of the molecule is CN1CCN2c3cccc(Cl)c3CC3(C(=O)NC(=O)NC3=O)[C@@H]2C1. The van der Waals surface area contributed by atoms with Crippen molar-refractivity contribution in [1.29, 1.82) is 0 Å². The third-order valence-electron chi connectivity index (χ3n) is 5.28. The molecule has 3 heterocycles. The van der Waals surface area contributed by atoms with Gasteiger partial charge < -0.3 is 9.80 Å². The second-order valence-electron chi connectivity index (χ2n) is 6.59. The number of amides is 4. The van der Waals surface area contributed by atoms with Gasteiger partial charge in [-0.1, -0.05) is 17.7 Å². The summed E-state index contributed by atoms with van der Waals surface area (Å²) in [5, 5.41) is 5.07. The molecule has 4 rings (SSSR count). The second kappa shape index (κ2) is 5.19. The Morgan fingerprint density at radius 1 is 1.17 bits per heavy atom. The topological polar surface area (TPSA) is 81.8 Å². The van der Waals surface area contributed by atoms with E-state index in [9.17, 15) is 14.4 Å². The maximum absolute atomic E-state index is 12.8. The predicted molar refractivity (Wildman–Crippen MR) is 87.9 cm³/mol. The molecule has 0 radical (unpaired) electrons. The Labute approximate surface area is 143 Å². The molecule has 0 aromatic heterocycles. The zero-order chi connectivity index (χ0) is 17.1. The number of anilines is 1. The minimum Gasteiger partial charge on any atom is -0.364 e. The van der Waals surface area contributed by atoms with Crippen molar-refractivity contribution in [3.63, 3.8) is 0 Å². The average molecular weight is 349 g/mol. The lowest BCUT2D eigenvalue weighted by atomic mass is 9.68. The Balaban J connectivity index is 1.91. The molecule has 8 heteroatoms. The van der Waals surface area contributed by atoms with Gasteiger partial charge in [0.25, 0.3) is 0 Å². The summed E-state index contributed by atoms with van der Waals surface area (Å²) in [7, 11) is 1.96. The van der Waals surface area contributed by atoms with Crippen molar-refractivity contribution in [3.8, 4) is 0 Å². The zero-order valence-electron chi connectivity index (χ0n) is 13.1. The molecule has 0 unspecified atom stereocenters. The molecule has 24 heavy (non-hydrogen) atoms. The molecule has 2 saturated heterocycles. The van der Waals surface area contributed by atoms with Crippen molar-refractivity contribution >= 4 is 35.1 Å². The van der Waals surface area contributed by atoms with Crippen LogP contribution in [0, 0.1) is 5.41 Å². The quantitative estimate of drug-likeness (QED) is 0.662. The van der Waals surface area contributed by atoms with E-state index in [-0.39, 0.29) is 12.5 Å². The molecule has 2 N–H and O–H groups in total. The molecule has 1 spiro atoms. The van der Waals surface area contributed by atoms with E-state index in [1.165, 1.54) is 0 Å². The molecule has 1 aromatic carbocycles. The van der Waals surface area contributed by atoms with Crippen LogP contribution in [-0.2, 0) is 16.0 Å². The molecule has 4 amide bonds. The van der Waals surface area contributed by atoms with E-state index in [1.807, 2.05) is 19.2 Å². The van der Waals surface area contributed by atoms with Gasteiger partial charge in [0.1, 0.15) is 0 Å². The van der Waals surface area contributed by atoms with Crippen LogP contribution in [0.4, 0.5) is 10.5 Å².